The van der Waals surface area contributed by atoms with E-state index in [0.29, 0.717) is 0 Å². The summed E-state index contributed by atoms with van der Waals surface area (Å²) in [7, 11) is 4.49. The maximum atomic E-state index is 5.33. The Morgan fingerprint density at radius 2 is 1.85 bits per heavy atom. The molecule has 5 nitrogen and oxygen atoms in total. The normalized spacial score (nSPS) is 13.8. The quantitative estimate of drug-likeness (QED) is 0.482. The molecule has 78 valence electrons. The topological polar surface area (TPSA) is 65.7 Å². The zero-order chi connectivity index (χ0) is 10.5. The highest BCUT2D eigenvalue weighted by Crippen LogP contribution is 2.14. The maximum absolute atomic E-state index is 5.33. The number of nitrogens with two attached hydrogens (primary N) is 1. The SMILES string of the molecule is COC(C)C(NC(N)=S)(OC)OC. The molecule has 13 heavy (non-hydrogen) atoms. The Bertz CT molecular complexity index is 173. The average molecular weight is 208 g/mol. The van der Waals surface area contributed by atoms with Gasteiger partial charge in [0.15, 0.2) is 5.11 Å². The molecule has 0 aliphatic carbocycles. The van der Waals surface area contributed by atoms with E-state index < -0.39 is 5.91 Å². The summed E-state index contributed by atoms with van der Waals surface area (Å²) in [6.45, 7) is 1.78. The van der Waals surface area contributed by atoms with Crippen molar-refractivity contribution in [1.82, 2.24) is 5.32 Å². The molecule has 0 bridgehead atoms. The van der Waals surface area contributed by atoms with Gasteiger partial charge in [-0.15, -0.1) is 0 Å². The van der Waals surface area contributed by atoms with Crippen molar-refractivity contribution in [2.45, 2.75) is 18.9 Å². The van der Waals surface area contributed by atoms with E-state index in [-0.39, 0.29) is 11.2 Å². The standard InChI is InChI=1S/C7H16N2O3S/c1-5(10-2)7(11-3,12-4)9-6(8)13/h5H,1-4H3,(H3,8,9,13). The summed E-state index contributed by atoms with van der Waals surface area (Å²) in [5.41, 5.74) is 5.33. The summed E-state index contributed by atoms with van der Waals surface area (Å²) < 4.78 is 15.3. The van der Waals surface area contributed by atoms with Crippen LogP contribution in [-0.2, 0) is 14.2 Å². The van der Waals surface area contributed by atoms with Gasteiger partial charge in [0.25, 0.3) is 5.91 Å². The number of nitrogens with one attached hydrogen (secondary N) is 1. The highest BCUT2D eigenvalue weighted by Gasteiger charge is 2.37. The fraction of sp³-hybridized carbons (Fsp3) is 0.857. The van der Waals surface area contributed by atoms with Gasteiger partial charge in [-0.2, -0.15) is 0 Å². The van der Waals surface area contributed by atoms with E-state index in [4.69, 9.17) is 32.2 Å². The van der Waals surface area contributed by atoms with Crippen molar-refractivity contribution in [1.29, 1.82) is 0 Å². The van der Waals surface area contributed by atoms with Crippen LogP contribution in [0.25, 0.3) is 0 Å². The van der Waals surface area contributed by atoms with Crippen molar-refractivity contribution < 1.29 is 14.2 Å². The van der Waals surface area contributed by atoms with Crippen LogP contribution in [0.5, 0.6) is 0 Å². The highest BCUT2D eigenvalue weighted by atomic mass is 32.1. The minimum atomic E-state index is -1.12. The van der Waals surface area contributed by atoms with Crippen molar-refractivity contribution in [2.24, 2.45) is 5.73 Å². The van der Waals surface area contributed by atoms with Gasteiger partial charge in [-0.3, -0.25) is 0 Å². The van der Waals surface area contributed by atoms with E-state index in [1.807, 2.05) is 0 Å². The van der Waals surface area contributed by atoms with Crippen LogP contribution in [0.15, 0.2) is 0 Å². The predicted octanol–water partition coefficient (Wildman–Crippen LogP) is -0.199. The number of ether oxygens (including phenoxy) is 3. The molecule has 0 aliphatic rings. The maximum Gasteiger partial charge on any atom is 0.277 e. The first-order valence-electron chi connectivity index (χ1n) is 3.73. The third-order valence-corrected chi connectivity index (χ3v) is 1.89. The molecule has 0 aromatic heterocycles. The van der Waals surface area contributed by atoms with Crippen molar-refractivity contribution in [3.05, 3.63) is 0 Å². The minimum absolute atomic E-state index is 0.0904. The smallest absolute Gasteiger partial charge is 0.277 e. The number of rotatable bonds is 5. The van der Waals surface area contributed by atoms with Crippen molar-refractivity contribution in [3.8, 4) is 0 Å². The van der Waals surface area contributed by atoms with Crippen LogP contribution >= 0.6 is 12.2 Å². The van der Waals surface area contributed by atoms with Crippen molar-refractivity contribution >= 4 is 17.3 Å². The number of thiocarbonyl (C=S) groups is 1. The molecular weight excluding hydrogens is 192 g/mol. The second-order valence-electron chi connectivity index (χ2n) is 2.44. The summed E-state index contributed by atoms with van der Waals surface area (Å²) in [5, 5.41) is 2.77. The van der Waals surface area contributed by atoms with E-state index in [0.717, 1.165) is 0 Å². The molecular formula is C7H16N2O3S. The molecule has 1 unspecified atom stereocenters. The van der Waals surface area contributed by atoms with Gasteiger partial charge in [0, 0.05) is 21.3 Å². The summed E-state index contributed by atoms with van der Waals surface area (Å²) >= 11 is 4.69. The Kier molecular flexibility index (Phi) is 5.16. The zero-order valence-electron chi connectivity index (χ0n) is 8.29. The number of methoxy groups -OCH3 is 3. The second kappa shape index (κ2) is 5.33. The molecule has 0 rings (SSSR count). The molecule has 0 spiro atoms. The molecule has 1 atom stereocenters. The molecule has 0 aliphatic heterocycles. The van der Waals surface area contributed by atoms with Crippen LogP contribution in [0.2, 0.25) is 0 Å². The van der Waals surface area contributed by atoms with Gasteiger partial charge in [0.05, 0.1) is 0 Å². The van der Waals surface area contributed by atoms with E-state index in [1.165, 1.54) is 14.2 Å². The van der Waals surface area contributed by atoms with Crippen molar-refractivity contribution in [3.63, 3.8) is 0 Å². The molecule has 0 saturated heterocycles. The number of hydrogen-bond donors (Lipinski definition) is 2. The molecule has 0 amide bonds. The first-order valence-corrected chi connectivity index (χ1v) is 4.14. The fourth-order valence-electron chi connectivity index (χ4n) is 0.946. The van der Waals surface area contributed by atoms with Crippen LogP contribution in [0.3, 0.4) is 0 Å². The molecule has 6 heteroatoms. The van der Waals surface area contributed by atoms with E-state index in [1.54, 1.807) is 14.0 Å². The molecule has 0 saturated carbocycles. The minimum Gasteiger partial charge on any atom is -0.376 e. The lowest BCUT2D eigenvalue weighted by molar-refractivity contribution is -0.269. The summed E-state index contributed by atoms with van der Waals surface area (Å²) in [6.07, 6.45) is -0.344. The summed E-state index contributed by atoms with van der Waals surface area (Å²) in [5.74, 6) is -1.12. The Hall–Kier alpha value is -0.430. The molecule has 0 heterocycles. The average Bonchev–Trinajstić information content (AvgIpc) is 2.12. The van der Waals surface area contributed by atoms with Crippen LogP contribution in [-0.4, -0.2) is 38.5 Å². The van der Waals surface area contributed by atoms with Gasteiger partial charge in [0.2, 0.25) is 0 Å². The zero-order valence-corrected chi connectivity index (χ0v) is 9.10. The Morgan fingerprint density at radius 3 is 2.08 bits per heavy atom. The molecule has 0 aromatic rings. The van der Waals surface area contributed by atoms with E-state index in [9.17, 15) is 0 Å². The Balaban J connectivity index is 4.57. The lowest BCUT2D eigenvalue weighted by Crippen LogP contribution is -2.60. The van der Waals surface area contributed by atoms with Gasteiger partial charge < -0.3 is 25.3 Å². The first-order chi connectivity index (χ1) is 6.02. The van der Waals surface area contributed by atoms with Crippen LogP contribution in [0, 0.1) is 0 Å². The monoisotopic (exact) mass is 208 g/mol. The lowest BCUT2D eigenvalue weighted by atomic mass is 10.3. The summed E-state index contributed by atoms with van der Waals surface area (Å²) in [4.78, 5) is 0. The Morgan fingerprint density at radius 1 is 1.38 bits per heavy atom. The Labute approximate surface area is 83.5 Å². The molecule has 0 radical (unpaired) electrons. The first kappa shape index (κ1) is 12.6. The largest absolute Gasteiger partial charge is 0.376 e. The van der Waals surface area contributed by atoms with Gasteiger partial charge in [0.1, 0.15) is 6.10 Å². The summed E-state index contributed by atoms with van der Waals surface area (Å²) in [6, 6.07) is 0. The predicted molar refractivity (Wildman–Crippen MR) is 53.1 cm³/mol. The van der Waals surface area contributed by atoms with Gasteiger partial charge in [-0.05, 0) is 19.1 Å². The van der Waals surface area contributed by atoms with Gasteiger partial charge in [-0.25, -0.2) is 0 Å². The van der Waals surface area contributed by atoms with Crippen LogP contribution in [0.4, 0.5) is 0 Å². The molecule has 3 N–H and O–H groups in total. The molecule has 0 aromatic carbocycles. The van der Waals surface area contributed by atoms with Crippen molar-refractivity contribution in [2.75, 3.05) is 21.3 Å². The van der Waals surface area contributed by atoms with Gasteiger partial charge >= 0.3 is 0 Å². The molecule has 0 fully saturated rings. The third kappa shape index (κ3) is 3.07. The number of hydrogen-bond acceptors (Lipinski definition) is 4. The van der Waals surface area contributed by atoms with Crippen LogP contribution < -0.4 is 11.1 Å². The lowest BCUT2D eigenvalue weighted by Gasteiger charge is -2.35. The third-order valence-electron chi connectivity index (χ3n) is 1.79. The second-order valence-corrected chi connectivity index (χ2v) is 2.88. The highest BCUT2D eigenvalue weighted by molar-refractivity contribution is 7.80. The van der Waals surface area contributed by atoms with Crippen LogP contribution in [0.1, 0.15) is 6.92 Å². The van der Waals surface area contributed by atoms with Gasteiger partial charge in [-0.1, -0.05) is 0 Å². The van der Waals surface area contributed by atoms with E-state index in [2.05, 4.69) is 5.32 Å². The fourth-order valence-corrected chi connectivity index (χ4v) is 1.09. The van der Waals surface area contributed by atoms with E-state index >= 15 is 0 Å².